The minimum absolute atomic E-state index is 0.304. The Labute approximate surface area is 119 Å². The molecule has 3 aromatic rings. The highest BCUT2D eigenvalue weighted by Gasteiger charge is 2.19. The molecule has 0 saturated heterocycles. The minimum atomic E-state index is -0.677. The first kappa shape index (κ1) is 13.2. The second-order valence-electron chi connectivity index (χ2n) is 4.52. The van der Waals surface area contributed by atoms with Crippen molar-refractivity contribution in [3.63, 3.8) is 0 Å². The number of nitrogens with two attached hydrogens (primary N) is 1. The maximum atomic E-state index is 13.5. The zero-order chi connectivity index (χ0) is 15.0. The number of rotatable bonds is 2. The topological polar surface area (TPSA) is 69.6 Å². The van der Waals surface area contributed by atoms with Crippen LogP contribution in [0.4, 0.5) is 14.6 Å². The zero-order valence-electron chi connectivity index (χ0n) is 11.1. The molecule has 0 aliphatic carbocycles. The smallest absolute Gasteiger partial charge is 0.129 e. The Bertz CT molecular complexity index is 778. The van der Waals surface area contributed by atoms with Gasteiger partial charge in [0.25, 0.3) is 0 Å². The molecule has 0 bridgehead atoms. The van der Waals surface area contributed by atoms with Gasteiger partial charge in [0.15, 0.2) is 0 Å². The Morgan fingerprint density at radius 2 is 1.62 bits per heavy atom. The van der Waals surface area contributed by atoms with Crippen molar-refractivity contribution < 1.29 is 8.78 Å². The van der Waals surface area contributed by atoms with E-state index in [0.717, 1.165) is 6.07 Å². The van der Waals surface area contributed by atoms with Crippen LogP contribution in [-0.4, -0.2) is 19.7 Å². The molecule has 2 aromatic heterocycles. The molecule has 1 aromatic carbocycles. The Kier molecular flexibility index (Phi) is 3.09. The van der Waals surface area contributed by atoms with E-state index >= 15 is 0 Å². The average molecular weight is 287 g/mol. The number of nitrogen functional groups attached to an aromatic ring is 1. The summed E-state index contributed by atoms with van der Waals surface area (Å²) < 4.78 is 28.4. The predicted octanol–water partition coefficient (Wildman–Crippen LogP) is 2.40. The van der Waals surface area contributed by atoms with E-state index in [1.165, 1.54) is 23.1 Å². The quantitative estimate of drug-likeness (QED) is 0.785. The van der Waals surface area contributed by atoms with Crippen LogP contribution in [0.3, 0.4) is 0 Å². The summed E-state index contributed by atoms with van der Waals surface area (Å²) in [4.78, 5) is 7.84. The van der Waals surface area contributed by atoms with Crippen molar-refractivity contribution in [1.82, 2.24) is 19.7 Å². The summed E-state index contributed by atoms with van der Waals surface area (Å²) >= 11 is 0. The first-order valence-electron chi connectivity index (χ1n) is 6.10. The third kappa shape index (κ3) is 2.33. The van der Waals surface area contributed by atoms with Gasteiger partial charge < -0.3 is 5.73 Å². The molecule has 0 saturated carbocycles. The van der Waals surface area contributed by atoms with Crippen molar-refractivity contribution in [3.8, 4) is 22.4 Å². The van der Waals surface area contributed by atoms with Crippen LogP contribution in [0.1, 0.15) is 0 Å². The number of nitrogens with zero attached hydrogens (tertiary/aromatic N) is 4. The number of aromatic nitrogens is 4. The standard InChI is InChI=1S/C14H11F2N5/c1-21-14(17)12(8-2-10(15)4-11(16)3-8)13(20-21)9-5-18-7-19-6-9/h2-7H,17H2,1H3. The van der Waals surface area contributed by atoms with Gasteiger partial charge in [0.05, 0.1) is 5.56 Å². The molecular formula is C14H11F2N5. The van der Waals surface area contributed by atoms with Crippen LogP contribution in [0.15, 0.2) is 36.9 Å². The van der Waals surface area contributed by atoms with Crippen LogP contribution < -0.4 is 5.73 Å². The highest BCUT2D eigenvalue weighted by Crippen LogP contribution is 2.35. The fourth-order valence-electron chi connectivity index (χ4n) is 2.14. The van der Waals surface area contributed by atoms with Crippen molar-refractivity contribution >= 4 is 5.82 Å². The van der Waals surface area contributed by atoms with Gasteiger partial charge in [-0.2, -0.15) is 5.10 Å². The first-order chi connectivity index (χ1) is 10.1. The van der Waals surface area contributed by atoms with Crippen LogP contribution >= 0.6 is 0 Å². The molecule has 0 aliphatic heterocycles. The van der Waals surface area contributed by atoms with E-state index in [9.17, 15) is 8.78 Å². The SMILES string of the molecule is Cn1nc(-c2cncnc2)c(-c2cc(F)cc(F)c2)c1N. The Morgan fingerprint density at radius 1 is 1.00 bits per heavy atom. The molecule has 3 rings (SSSR count). The Balaban J connectivity index is 2.27. The second kappa shape index (κ2) is 4.93. The van der Waals surface area contributed by atoms with Crippen molar-refractivity contribution in [3.05, 3.63) is 48.6 Å². The molecule has 0 amide bonds. The van der Waals surface area contributed by atoms with Gasteiger partial charge in [-0.05, 0) is 17.7 Å². The monoisotopic (exact) mass is 287 g/mol. The van der Waals surface area contributed by atoms with Crippen LogP contribution in [-0.2, 0) is 7.05 Å². The lowest BCUT2D eigenvalue weighted by molar-refractivity contribution is 0.584. The molecule has 7 heteroatoms. The summed E-state index contributed by atoms with van der Waals surface area (Å²) in [5, 5.41) is 4.28. The van der Waals surface area contributed by atoms with Gasteiger partial charge in [-0.1, -0.05) is 0 Å². The molecular weight excluding hydrogens is 276 g/mol. The van der Waals surface area contributed by atoms with Crippen LogP contribution in [0.2, 0.25) is 0 Å². The highest BCUT2D eigenvalue weighted by molar-refractivity contribution is 5.87. The average Bonchev–Trinajstić information content (AvgIpc) is 2.75. The van der Waals surface area contributed by atoms with Crippen molar-refractivity contribution in [2.24, 2.45) is 7.05 Å². The van der Waals surface area contributed by atoms with Crippen LogP contribution in [0, 0.1) is 11.6 Å². The summed E-state index contributed by atoms with van der Waals surface area (Å²) in [7, 11) is 1.65. The number of anilines is 1. The van der Waals surface area contributed by atoms with Crippen LogP contribution in [0.5, 0.6) is 0 Å². The summed E-state index contributed by atoms with van der Waals surface area (Å²) in [6, 6.07) is 3.23. The fraction of sp³-hybridized carbons (Fsp3) is 0.0714. The lowest BCUT2D eigenvalue weighted by Gasteiger charge is -2.05. The van der Waals surface area contributed by atoms with Gasteiger partial charge in [0.2, 0.25) is 0 Å². The second-order valence-corrected chi connectivity index (χ2v) is 4.52. The molecule has 0 atom stereocenters. The molecule has 0 aliphatic rings. The molecule has 0 spiro atoms. The highest BCUT2D eigenvalue weighted by atomic mass is 19.1. The van der Waals surface area contributed by atoms with Gasteiger partial charge in [-0.3, -0.25) is 4.68 Å². The largest absolute Gasteiger partial charge is 0.383 e. The molecule has 2 N–H and O–H groups in total. The molecule has 0 unspecified atom stereocenters. The Morgan fingerprint density at radius 3 is 2.24 bits per heavy atom. The summed E-state index contributed by atoms with van der Waals surface area (Å²) in [5.41, 5.74) is 7.84. The lowest BCUT2D eigenvalue weighted by atomic mass is 10.0. The molecule has 106 valence electrons. The number of halogens is 2. The fourth-order valence-corrected chi connectivity index (χ4v) is 2.14. The van der Waals surface area contributed by atoms with E-state index in [1.54, 1.807) is 19.4 Å². The maximum absolute atomic E-state index is 13.5. The molecule has 0 radical (unpaired) electrons. The van der Waals surface area contributed by atoms with Crippen LogP contribution in [0.25, 0.3) is 22.4 Å². The zero-order valence-corrected chi connectivity index (χ0v) is 11.1. The molecule has 21 heavy (non-hydrogen) atoms. The molecule has 2 heterocycles. The molecule has 5 nitrogen and oxygen atoms in total. The first-order valence-corrected chi connectivity index (χ1v) is 6.10. The predicted molar refractivity (Wildman–Crippen MR) is 74.0 cm³/mol. The number of hydrogen-bond donors (Lipinski definition) is 1. The normalized spacial score (nSPS) is 10.8. The van der Waals surface area contributed by atoms with Crippen molar-refractivity contribution in [2.45, 2.75) is 0 Å². The number of aryl methyl sites for hydroxylation is 1. The Hall–Kier alpha value is -2.83. The van der Waals surface area contributed by atoms with Crippen molar-refractivity contribution in [2.75, 3.05) is 5.73 Å². The van der Waals surface area contributed by atoms with E-state index in [1.807, 2.05) is 0 Å². The minimum Gasteiger partial charge on any atom is -0.383 e. The summed E-state index contributed by atoms with van der Waals surface area (Å²) in [6.07, 6.45) is 4.51. The van der Waals surface area contributed by atoms with E-state index < -0.39 is 11.6 Å². The van der Waals surface area contributed by atoms with Crippen molar-refractivity contribution in [1.29, 1.82) is 0 Å². The van der Waals surface area contributed by atoms with E-state index in [0.29, 0.717) is 28.2 Å². The van der Waals surface area contributed by atoms with Gasteiger partial charge in [-0.25, -0.2) is 18.7 Å². The van der Waals surface area contributed by atoms with E-state index in [2.05, 4.69) is 15.1 Å². The third-order valence-electron chi connectivity index (χ3n) is 3.08. The maximum Gasteiger partial charge on any atom is 0.129 e. The van der Waals surface area contributed by atoms with Gasteiger partial charge in [-0.15, -0.1) is 0 Å². The van der Waals surface area contributed by atoms with Gasteiger partial charge >= 0.3 is 0 Å². The van der Waals surface area contributed by atoms with Gasteiger partial charge in [0.1, 0.15) is 29.5 Å². The van der Waals surface area contributed by atoms with E-state index in [4.69, 9.17) is 5.73 Å². The number of hydrogen-bond acceptors (Lipinski definition) is 4. The van der Waals surface area contributed by atoms with E-state index in [-0.39, 0.29) is 0 Å². The third-order valence-corrected chi connectivity index (χ3v) is 3.08. The summed E-state index contributed by atoms with van der Waals surface area (Å²) in [5.74, 6) is -1.05. The lowest BCUT2D eigenvalue weighted by Crippen LogP contribution is -1.98. The summed E-state index contributed by atoms with van der Waals surface area (Å²) in [6.45, 7) is 0. The van der Waals surface area contributed by atoms with Gasteiger partial charge in [0, 0.05) is 31.1 Å². The molecule has 0 fully saturated rings. The number of benzene rings is 1.